The molecule has 0 radical (unpaired) electrons. The zero-order valence-corrected chi connectivity index (χ0v) is 37.6. The largest absolute Gasteiger partial charge is 0.309 e. The molecule has 0 aliphatic heterocycles. The zero-order chi connectivity index (χ0) is 44.0. The molecule has 312 valence electrons. The van der Waals surface area contributed by atoms with Gasteiger partial charge < -0.3 is 4.57 Å². The fourth-order valence-electron chi connectivity index (χ4n) is 12.2. The van der Waals surface area contributed by atoms with Crippen LogP contribution in [0.25, 0.3) is 83.9 Å². The molecule has 0 amide bonds. The Bertz CT molecular complexity index is 3530. The first-order valence-electron chi connectivity index (χ1n) is 23.0. The number of aromatic nitrogens is 4. The minimum atomic E-state index is -0.460. The summed E-state index contributed by atoms with van der Waals surface area (Å²) in [6.45, 7) is 14.7. The van der Waals surface area contributed by atoms with Crippen LogP contribution in [-0.4, -0.2) is 19.5 Å². The van der Waals surface area contributed by atoms with Crippen LogP contribution in [0.15, 0.2) is 182 Å². The molecule has 65 heavy (non-hydrogen) atoms. The molecule has 4 heteroatoms. The van der Waals surface area contributed by atoms with Crippen LogP contribution in [-0.2, 0) is 16.2 Å². The molecule has 13 rings (SSSR count). The normalized spacial score (nSPS) is 16.3. The molecule has 0 fully saturated rings. The third kappa shape index (κ3) is 4.84. The first-order chi connectivity index (χ1) is 31.5. The molecule has 0 N–H and O–H groups in total. The molecule has 0 unspecified atom stereocenters. The minimum absolute atomic E-state index is 0.0170. The Morgan fingerprint density at radius 2 is 0.846 bits per heavy atom. The van der Waals surface area contributed by atoms with E-state index < -0.39 is 5.41 Å². The number of benzene rings is 8. The number of fused-ring (bicyclic) bond motifs is 15. The van der Waals surface area contributed by atoms with Gasteiger partial charge in [0.25, 0.3) is 0 Å². The van der Waals surface area contributed by atoms with E-state index in [9.17, 15) is 0 Å². The highest BCUT2D eigenvalue weighted by Crippen LogP contribution is 2.65. The van der Waals surface area contributed by atoms with E-state index in [0.29, 0.717) is 17.5 Å². The maximum absolute atomic E-state index is 5.19. The molecular formula is C61H48N4. The van der Waals surface area contributed by atoms with Gasteiger partial charge >= 0.3 is 0 Å². The molecule has 2 aromatic heterocycles. The molecule has 0 saturated heterocycles. The van der Waals surface area contributed by atoms with E-state index in [1.165, 1.54) is 77.4 Å². The van der Waals surface area contributed by atoms with E-state index in [4.69, 9.17) is 15.0 Å². The predicted octanol–water partition coefficient (Wildman–Crippen LogP) is 14.9. The molecule has 1 spiro atoms. The lowest BCUT2D eigenvalue weighted by atomic mass is 9.59. The lowest BCUT2D eigenvalue weighted by Crippen LogP contribution is -2.42. The van der Waals surface area contributed by atoms with Gasteiger partial charge in [-0.05, 0) is 90.6 Å². The summed E-state index contributed by atoms with van der Waals surface area (Å²) in [7, 11) is 0. The summed E-state index contributed by atoms with van der Waals surface area (Å²) in [6.07, 6.45) is 0. The van der Waals surface area contributed by atoms with Crippen LogP contribution in [0.3, 0.4) is 0 Å². The number of hydrogen-bond donors (Lipinski definition) is 0. The molecule has 8 aromatic carbocycles. The van der Waals surface area contributed by atoms with Gasteiger partial charge in [0.2, 0.25) is 0 Å². The van der Waals surface area contributed by atoms with E-state index in [-0.39, 0.29) is 16.2 Å². The summed E-state index contributed by atoms with van der Waals surface area (Å²) < 4.78 is 2.57. The van der Waals surface area contributed by atoms with Gasteiger partial charge in [0.15, 0.2) is 17.5 Å². The average Bonchev–Trinajstić information content (AvgIpc) is 3.97. The average molecular weight is 837 g/mol. The van der Waals surface area contributed by atoms with Crippen molar-refractivity contribution in [3.8, 4) is 62.1 Å². The van der Waals surface area contributed by atoms with Gasteiger partial charge in [-0.2, -0.15) is 0 Å². The minimum Gasteiger partial charge on any atom is -0.309 e. The van der Waals surface area contributed by atoms with E-state index in [0.717, 1.165) is 22.4 Å². The van der Waals surface area contributed by atoms with Gasteiger partial charge in [-0.15, -0.1) is 0 Å². The molecule has 0 saturated carbocycles. The second-order valence-electron chi connectivity index (χ2n) is 20.0. The first kappa shape index (κ1) is 38.1. The fraction of sp³-hybridized carbons (Fsp3) is 0.164. The third-order valence-corrected chi connectivity index (χ3v) is 16.6. The Labute approximate surface area is 380 Å². The third-order valence-electron chi connectivity index (χ3n) is 16.6. The Balaban J connectivity index is 1.14. The van der Waals surface area contributed by atoms with Crippen molar-refractivity contribution < 1.29 is 0 Å². The van der Waals surface area contributed by atoms with Crippen molar-refractivity contribution in [2.45, 2.75) is 57.8 Å². The maximum Gasteiger partial charge on any atom is 0.164 e. The van der Waals surface area contributed by atoms with Crippen LogP contribution in [0, 0.1) is 5.41 Å². The number of nitrogens with zero attached hydrogens (tertiary/aromatic N) is 4. The van der Waals surface area contributed by atoms with Crippen LogP contribution in [0.5, 0.6) is 0 Å². The molecule has 2 heterocycles. The standard InChI is InChI=1S/C61H48N4/c1-58(2)50-35-45-43-32-33-49-53(44-28-15-18-31-48(44)61(49)46-29-16-13-26-41(46)42-27-14-17-30-47(42)61)54(43)65(52(45)36-51(50)59(3,4)60(58,5)6)40-25-19-24-39(34-40)57-63-55(37-20-9-7-10-21-37)62-56(64-57)38-22-11-8-12-23-38/h7-36H,1-6H3. The predicted molar refractivity (Wildman–Crippen MR) is 267 cm³/mol. The van der Waals surface area contributed by atoms with E-state index >= 15 is 0 Å². The van der Waals surface area contributed by atoms with Crippen molar-refractivity contribution in [1.82, 2.24) is 19.5 Å². The summed E-state index contributed by atoms with van der Waals surface area (Å²) in [4.78, 5) is 15.4. The van der Waals surface area contributed by atoms with Crippen LogP contribution in [0.4, 0.5) is 0 Å². The highest BCUT2D eigenvalue weighted by Gasteiger charge is 2.57. The molecule has 0 bridgehead atoms. The lowest BCUT2D eigenvalue weighted by molar-refractivity contribution is 0.125. The summed E-state index contributed by atoms with van der Waals surface area (Å²) in [5, 5.41) is 2.53. The Morgan fingerprint density at radius 3 is 1.43 bits per heavy atom. The van der Waals surface area contributed by atoms with E-state index in [1.807, 2.05) is 36.4 Å². The van der Waals surface area contributed by atoms with Crippen LogP contribution >= 0.6 is 0 Å². The molecule has 4 nitrogen and oxygen atoms in total. The Morgan fingerprint density at radius 1 is 0.369 bits per heavy atom. The van der Waals surface area contributed by atoms with Crippen molar-refractivity contribution in [3.05, 3.63) is 215 Å². The molecular weight excluding hydrogens is 789 g/mol. The van der Waals surface area contributed by atoms with Gasteiger partial charge in [-0.1, -0.05) is 199 Å². The van der Waals surface area contributed by atoms with Gasteiger partial charge in [-0.3, -0.25) is 0 Å². The molecule has 3 aliphatic carbocycles. The smallest absolute Gasteiger partial charge is 0.164 e. The van der Waals surface area contributed by atoms with E-state index in [2.05, 4.69) is 192 Å². The monoisotopic (exact) mass is 836 g/mol. The van der Waals surface area contributed by atoms with Crippen molar-refractivity contribution in [2.75, 3.05) is 0 Å². The zero-order valence-electron chi connectivity index (χ0n) is 37.6. The Hall–Kier alpha value is -7.43. The summed E-state index contributed by atoms with van der Waals surface area (Å²) in [5.74, 6) is 1.94. The number of rotatable bonds is 4. The molecule has 0 atom stereocenters. The van der Waals surface area contributed by atoms with Gasteiger partial charge in [0.1, 0.15) is 0 Å². The van der Waals surface area contributed by atoms with Crippen LogP contribution < -0.4 is 0 Å². The maximum atomic E-state index is 5.19. The van der Waals surface area contributed by atoms with Crippen molar-refractivity contribution >= 4 is 21.8 Å². The second-order valence-corrected chi connectivity index (χ2v) is 20.0. The summed E-state index contributed by atoms with van der Waals surface area (Å²) in [6, 6.07) is 66.7. The second kappa shape index (κ2) is 13.1. The van der Waals surface area contributed by atoms with Gasteiger partial charge in [0.05, 0.1) is 16.4 Å². The SMILES string of the molecule is CC1(C)c2cc3c4ccc5c(c4n(-c4cccc(-c6nc(-c7ccccc7)nc(-c7ccccc7)n6)c4)c3cc2C(C)(C)C1(C)C)-c1ccccc1C51c2ccccc2-c2ccccc21. The summed E-state index contributed by atoms with van der Waals surface area (Å²) >= 11 is 0. The van der Waals surface area contributed by atoms with Crippen molar-refractivity contribution in [3.63, 3.8) is 0 Å². The summed E-state index contributed by atoms with van der Waals surface area (Å²) in [5.41, 5.74) is 19.2. The highest BCUT2D eigenvalue weighted by molar-refractivity contribution is 6.17. The van der Waals surface area contributed by atoms with E-state index in [1.54, 1.807) is 0 Å². The lowest BCUT2D eigenvalue weighted by Gasteiger charge is -2.44. The fourth-order valence-corrected chi connectivity index (χ4v) is 12.2. The van der Waals surface area contributed by atoms with Gasteiger partial charge in [-0.25, -0.2) is 15.0 Å². The topological polar surface area (TPSA) is 43.6 Å². The molecule has 3 aliphatic rings. The molecule has 10 aromatic rings. The van der Waals surface area contributed by atoms with Crippen molar-refractivity contribution in [1.29, 1.82) is 0 Å². The Kier molecular flexibility index (Phi) is 7.66. The van der Waals surface area contributed by atoms with Crippen LogP contribution in [0.1, 0.15) is 74.9 Å². The van der Waals surface area contributed by atoms with Crippen molar-refractivity contribution in [2.24, 2.45) is 5.41 Å². The number of hydrogen-bond acceptors (Lipinski definition) is 3. The van der Waals surface area contributed by atoms with Crippen LogP contribution in [0.2, 0.25) is 0 Å². The highest BCUT2D eigenvalue weighted by atomic mass is 15.0. The first-order valence-corrected chi connectivity index (χ1v) is 23.0. The quantitative estimate of drug-likeness (QED) is 0.177. The van der Waals surface area contributed by atoms with Gasteiger partial charge in [0, 0.05) is 38.7 Å².